The van der Waals surface area contributed by atoms with Crippen molar-refractivity contribution in [2.45, 2.75) is 45.7 Å². The number of rotatable bonds is 4. The summed E-state index contributed by atoms with van der Waals surface area (Å²) >= 11 is 0. The first-order chi connectivity index (χ1) is 12.0. The Hall–Kier alpha value is -1.92. The molecule has 0 saturated carbocycles. The highest BCUT2D eigenvalue weighted by Crippen LogP contribution is 2.21. The van der Waals surface area contributed by atoms with E-state index in [1.165, 1.54) is 16.7 Å². The van der Waals surface area contributed by atoms with Gasteiger partial charge in [0.25, 0.3) is 0 Å². The van der Waals surface area contributed by atoms with Crippen LogP contribution in [0.2, 0.25) is 0 Å². The smallest absolute Gasteiger partial charge is 0.235 e. The largest absolute Gasteiger partial charge is 0.352 e. The molecular formula is C19H28N4O2. The van der Waals surface area contributed by atoms with Gasteiger partial charge in [0.05, 0.1) is 5.92 Å². The first-order valence-electron chi connectivity index (χ1n) is 9.12. The minimum absolute atomic E-state index is 0.00357. The zero-order chi connectivity index (χ0) is 17.8. The fourth-order valence-electron chi connectivity index (χ4n) is 3.73. The molecule has 2 saturated heterocycles. The lowest BCUT2D eigenvalue weighted by Crippen LogP contribution is -2.57. The van der Waals surface area contributed by atoms with Gasteiger partial charge < -0.3 is 5.32 Å². The molecule has 2 amide bonds. The molecule has 2 fully saturated rings. The third kappa shape index (κ3) is 4.58. The molecule has 1 aromatic carbocycles. The predicted molar refractivity (Wildman–Crippen MR) is 96.6 cm³/mol. The van der Waals surface area contributed by atoms with Crippen molar-refractivity contribution in [3.05, 3.63) is 34.9 Å². The molecule has 0 aliphatic carbocycles. The third-order valence-corrected chi connectivity index (χ3v) is 5.28. The highest BCUT2D eigenvalue weighted by atomic mass is 16.2. The summed E-state index contributed by atoms with van der Waals surface area (Å²) in [6, 6.07) is 6.51. The van der Waals surface area contributed by atoms with Crippen molar-refractivity contribution in [1.82, 2.24) is 21.1 Å². The summed E-state index contributed by atoms with van der Waals surface area (Å²) in [5, 5.41) is 3.11. The van der Waals surface area contributed by atoms with Crippen molar-refractivity contribution < 1.29 is 9.59 Å². The molecule has 0 radical (unpaired) electrons. The summed E-state index contributed by atoms with van der Waals surface area (Å²) < 4.78 is 0. The molecule has 1 aromatic rings. The summed E-state index contributed by atoms with van der Waals surface area (Å²) in [4.78, 5) is 26.5. The molecule has 25 heavy (non-hydrogen) atoms. The van der Waals surface area contributed by atoms with Gasteiger partial charge in [-0.15, -0.1) is 0 Å². The molecule has 136 valence electrons. The van der Waals surface area contributed by atoms with E-state index in [1.807, 2.05) is 0 Å². The Labute approximate surface area is 149 Å². The van der Waals surface area contributed by atoms with Crippen LogP contribution in [-0.4, -0.2) is 42.4 Å². The highest BCUT2D eigenvalue weighted by molar-refractivity contribution is 5.79. The summed E-state index contributed by atoms with van der Waals surface area (Å²) in [6.07, 6.45) is 2.42. The lowest BCUT2D eigenvalue weighted by molar-refractivity contribution is -0.128. The van der Waals surface area contributed by atoms with E-state index in [9.17, 15) is 9.59 Å². The molecule has 2 unspecified atom stereocenters. The van der Waals surface area contributed by atoms with Gasteiger partial charge in [-0.2, -0.15) is 0 Å². The fourth-order valence-corrected chi connectivity index (χ4v) is 3.73. The SMILES string of the molecule is Cc1ccc(C)c(CNC(=O)C2CCCN(C3CNNC(=O)C3)C2)c1. The molecular weight excluding hydrogens is 316 g/mol. The Morgan fingerprint density at radius 2 is 2.20 bits per heavy atom. The van der Waals surface area contributed by atoms with Crippen molar-refractivity contribution in [2.24, 2.45) is 5.92 Å². The number of aryl methyl sites for hydroxylation is 2. The van der Waals surface area contributed by atoms with Gasteiger partial charge in [-0.3, -0.25) is 19.9 Å². The second-order valence-corrected chi connectivity index (χ2v) is 7.27. The second kappa shape index (κ2) is 7.97. The summed E-state index contributed by atoms with van der Waals surface area (Å²) in [5.41, 5.74) is 9.17. The minimum atomic E-state index is 0.00357. The summed E-state index contributed by atoms with van der Waals surface area (Å²) in [6.45, 7) is 7.15. The van der Waals surface area contributed by atoms with Gasteiger partial charge in [-0.05, 0) is 44.4 Å². The Morgan fingerprint density at radius 3 is 3.00 bits per heavy atom. The van der Waals surface area contributed by atoms with Crippen LogP contribution in [0.5, 0.6) is 0 Å². The quantitative estimate of drug-likeness (QED) is 0.763. The Balaban J connectivity index is 1.54. The number of benzene rings is 1. The molecule has 3 N–H and O–H groups in total. The number of carbonyl (C=O) groups is 2. The van der Waals surface area contributed by atoms with Gasteiger partial charge in [0, 0.05) is 32.1 Å². The van der Waals surface area contributed by atoms with Crippen LogP contribution >= 0.6 is 0 Å². The number of hydrogen-bond acceptors (Lipinski definition) is 4. The highest BCUT2D eigenvalue weighted by Gasteiger charge is 2.32. The van der Waals surface area contributed by atoms with E-state index in [2.05, 4.69) is 53.1 Å². The average Bonchev–Trinajstić information content (AvgIpc) is 2.62. The Kier molecular flexibility index (Phi) is 5.71. The number of hydrogen-bond donors (Lipinski definition) is 3. The molecule has 0 spiro atoms. The second-order valence-electron chi connectivity index (χ2n) is 7.27. The lowest BCUT2D eigenvalue weighted by Gasteiger charge is -2.39. The standard InChI is InChI=1S/C19H28N4O2/c1-13-5-6-14(2)16(8-13)10-20-19(25)15-4-3-7-23(12-15)17-9-18(24)22-21-11-17/h5-6,8,15,17,21H,3-4,7,9-12H2,1-2H3,(H,20,25)(H,22,24). The number of piperidine rings is 1. The van der Waals surface area contributed by atoms with Gasteiger partial charge in [0.2, 0.25) is 11.8 Å². The zero-order valence-corrected chi connectivity index (χ0v) is 15.1. The first-order valence-corrected chi connectivity index (χ1v) is 9.12. The van der Waals surface area contributed by atoms with Crippen molar-refractivity contribution in [3.8, 4) is 0 Å². The van der Waals surface area contributed by atoms with Crippen LogP contribution in [0.15, 0.2) is 18.2 Å². The topological polar surface area (TPSA) is 73.5 Å². The number of hydrazine groups is 1. The molecule has 0 bridgehead atoms. The maximum Gasteiger partial charge on any atom is 0.235 e. The number of amides is 2. The number of likely N-dealkylation sites (tertiary alicyclic amines) is 1. The van der Waals surface area contributed by atoms with E-state index in [-0.39, 0.29) is 23.8 Å². The van der Waals surface area contributed by atoms with Crippen LogP contribution in [0.3, 0.4) is 0 Å². The minimum Gasteiger partial charge on any atom is -0.352 e. The Bertz CT molecular complexity index is 646. The number of carbonyl (C=O) groups excluding carboxylic acids is 2. The van der Waals surface area contributed by atoms with Gasteiger partial charge in [-0.25, -0.2) is 5.43 Å². The van der Waals surface area contributed by atoms with E-state index >= 15 is 0 Å². The van der Waals surface area contributed by atoms with Crippen LogP contribution in [0.4, 0.5) is 0 Å². The van der Waals surface area contributed by atoms with Gasteiger partial charge >= 0.3 is 0 Å². The van der Waals surface area contributed by atoms with Crippen molar-refractivity contribution in [2.75, 3.05) is 19.6 Å². The van der Waals surface area contributed by atoms with Crippen LogP contribution in [-0.2, 0) is 16.1 Å². The van der Waals surface area contributed by atoms with Crippen molar-refractivity contribution >= 4 is 11.8 Å². The number of nitrogens with one attached hydrogen (secondary N) is 3. The first kappa shape index (κ1) is 17.9. The van der Waals surface area contributed by atoms with Crippen LogP contribution < -0.4 is 16.2 Å². The van der Waals surface area contributed by atoms with Crippen molar-refractivity contribution in [1.29, 1.82) is 0 Å². The maximum atomic E-state index is 12.6. The average molecular weight is 344 g/mol. The molecule has 2 heterocycles. The van der Waals surface area contributed by atoms with Crippen LogP contribution in [0.25, 0.3) is 0 Å². The molecule has 2 atom stereocenters. The predicted octanol–water partition coefficient (Wildman–Crippen LogP) is 1.02. The number of nitrogens with zero attached hydrogens (tertiary/aromatic N) is 1. The zero-order valence-electron chi connectivity index (χ0n) is 15.1. The van der Waals surface area contributed by atoms with E-state index in [1.54, 1.807) is 0 Å². The molecule has 0 aromatic heterocycles. The summed E-state index contributed by atoms with van der Waals surface area (Å²) in [5.74, 6) is 0.153. The monoisotopic (exact) mass is 344 g/mol. The third-order valence-electron chi connectivity index (χ3n) is 5.28. The fraction of sp³-hybridized carbons (Fsp3) is 0.579. The van der Waals surface area contributed by atoms with E-state index < -0.39 is 0 Å². The molecule has 6 nitrogen and oxygen atoms in total. The van der Waals surface area contributed by atoms with E-state index in [0.717, 1.165) is 32.5 Å². The van der Waals surface area contributed by atoms with Gasteiger partial charge in [0.1, 0.15) is 0 Å². The van der Waals surface area contributed by atoms with Crippen molar-refractivity contribution in [3.63, 3.8) is 0 Å². The molecule has 6 heteroatoms. The van der Waals surface area contributed by atoms with Crippen LogP contribution in [0.1, 0.15) is 36.0 Å². The van der Waals surface area contributed by atoms with Gasteiger partial charge in [-0.1, -0.05) is 23.8 Å². The lowest BCUT2D eigenvalue weighted by atomic mass is 9.94. The van der Waals surface area contributed by atoms with Gasteiger partial charge in [0.15, 0.2) is 0 Å². The molecule has 2 aliphatic rings. The molecule has 2 aliphatic heterocycles. The summed E-state index contributed by atoms with van der Waals surface area (Å²) in [7, 11) is 0. The Morgan fingerprint density at radius 1 is 1.36 bits per heavy atom. The van der Waals surface area contributed by atoms with Crippen LogP contribution in [0, 0.1) is 19.8 Å². The molecule has 3 rings (SSSR count). The van der Waals surface area contributed by atoms with E-state index in [4.69, 9.17) is 0 Å². The maximum absolute atomic E-state index is 12.6. The normalized spacial score (nSPS) is 24.6. The van der Waals surface area contributed by atoms with E-state index in [0.29, 0.717) is 13.0 Å².